The molecule has 1 amide bonds. The van der Waals surface area contributed by atoms with Gasteiger partial charge < -0.3 is 5.32 Å². The summed E-state index contributed by atoms with van der Waals surface area (Å²) in [5.74, 6) is -2.07. The highest BCUT2D eigenvalue weighted by Gasteiger charge is 2.09. The number of carbonyl (C=O) groups excluding carboxylic acids is 1. The first-order chi connectivity index (χ1) is 8.54. The van der Waals surface area contributed by atoms with Crippen molar-refractivity contribution in [3.05, 3.63) is 51.5 Å². The number of hydrogen-bond acceptors (Lipinski definition) is 3. The van der Waals surface area contributed by atoms with Gasteiger partial charge >= 0.3 is 0 Å². The van der Waals surface area contributed by atoms with Crippen LogP contribution in [-0.2, 0) is 6.54 Å². The number of thiazole rings is 1. The number of hydrogen-bond donors (Lipinski definition) is 1. The van der Waals surface area contributed by atoms with Crippen LogP contribution in [0.1, 0.15) is 21.1 Å². The molecular weight excluding hydrogens is 258 g/mol. The second-order valence-corrected chi connectivity index (χ2v) is 4.67. The number of nitrogens with zero attached hydrogens (tertiary/aromatic N) is 1. The van der Waals surface area contributed by atoms with Crippen molar-refractivity contribution in [3.63, 3.8) is 0 Å². The molecule has 1 aromatic heterocycles. The molecule has 18 heavy (non-hydrogen) atoms. The first-order valence-corrected chi connectivity index (χ1v) is 6.08. The Morgan fingerprint density at radius 2 is 2.00 bits per heavy atom. The minimum Gasteiger partial charge on any atom is -0.346 e. The number of aryl methyl sites for hydroxylation is 1. The van der Waals surface area contributed by atoms with E-state index in [-0.39, 0.29) is 12.1 Å². The van der Waals surface area contributed by atoms with Gasteiger partial charge in [0.15, 0.2) is 0 Å². The lowest BCUT2D eigenvalue weighted by atomic mass is 10.2. The molecule has 0 aliphatic carbocycles. The van der Waals surface area contributed by atoms with Gasteiger partial charge in [0.2, 0.25) is 0 Å². The van der Waals surface area contributed by atoms with Crippen molar-refractivity contribution in [1.29, 1.82) is 0 Å². The third kappa shape index (κ3) is 3.10. The van der Waals surface area contributed by atoms with Gasteiger partial charge in [0.25, 0.3) is 5.91 Å². The maximum atomic E-state index is 12.9. The molecule has 1 aromatic carbocycles. The quantitative estimate of drug-likeness (QED) is 0.929. The van der Waals surface area contributed by atoms with Gasteiger partial charge in [0, 0.05) is 22.7 Å². The SMILES string of the molecule is Cc1csc(CNC(=O)c2cc(F)cc(F)c2)n1. The van der Waals surface area contributed by atoms with Gasteiger partial charge in [0.1, 0.15) is 16.6 Å². The highest BCUT2D eigenvalue weighted by Crippen LogP contribution is 2.10. The van der Waals surface area contributed by atoms with E-state index in [0.29, 0.717) is 0 Å². The lowest BCUT2D eigenvalue weighted by molar-refractivity contribution is 0.0950. The Labute approximate surface area is 106 Å². The number of benzene rings is 1. The topological polar surface area (TPSA) is 42.0 Å². The second-order valence-electron chi connectivity index (χ2n) is 3.72. The van der Waals surface area contributed by atoms with Gasteiger partial charge in [-0.2, -0.15) is 0 Å². The zero-order chi connectivity index (χ0) is 13.1. The number of carbonyl (C=O) groups is 1. The van der Waals surface area contributed by atoms with Crippen LogP contribution >= 0.6 is 11.3 Å². The van der Waals surface area contributed by atoms with Gasteiger partial charge in [-0.1, -0.05) is 0 Å². The zero-order valence-electron chi connectivity index (χ0n) is 9.54. The monoisotopic (exact) mass is 268 g/mol. The molecule has 0 radical (unpaired) electrons. The minimum atomic E-state index is -0.773. The lowest BCUT2D eigenvalue weighted by Gasteiger charge is -2.03. The summed E-state index contributed by atoms with van der Waals surface area (Å²) >= 11 is 1.42. The Kier molecular flexibility index (Phi) is 3.66. The van der Waals surface area contributed by atoms with Crippen molar-refractivity contribution >= 4 is 17.2 Å². The average molecular weight is 268 g/mol. The summed E-state index contributed by atoms with van der Waals surface area (Å²) in [5, 5.41) is 5.17. The standard InChI is InChI=1S/C12H10F2N2OS/c1-7-6-18-11(16-7)5-15-12(17)8-2-9(13)4-10(14)3-8/h2-4,6H,5H2,1H3,(H,15,17). The Balaban J connectivity index is 2.03. The Hall–Kier alpha value is -1.82. The van der Waals surface area contributed by atoms with Crippen molar-refractivity contribution in [2.24, 2.45) is 0 Å². The van der Waals surface area contributed by atoms with E-state index in [2.05, 4.69) is 10.3 Å². The number of aromatic nitrogens is 1. The van der Waals surface area contributed by atoms with Crippen LogP contribution in [0, 0.1) is 18.6 Å². The third-order valence-corrected chi connectivity index (χ3v) is 3.16. The third-order valence-electron chi connectivity index (χ3n) is 2.19. The highest BCUT2D eigenvalue weighted by molar-refractivity contribution is 7.09. The largest absolute Gasteiger partial charge is 0.346 e. The summed E-state index contributed by atoms with van der Waals surface area (Å²) in [4.78, 5) is 15.8. The van der Waals surface area contributed by atoms with Gasteiger partial charge in [-0.15, -0.1) is 11.3 Å². The van der Waals surface area contributed by atoms with E-state index in [1.165, 1.54) is 11.3 Å². The molecule has 0 bridgehead atoms. The van der Waals surface area contributed by atoms with Crippen LogP contribution in [0.25, 0.3) is 0 Å². The molecule has 0 atom stereocenters. The molecule has 0 unspecified atom stereocenters. The predicted octanol–water partition coefficient (Wildman–Crippen LogP) is 2.66. The molecule has 3 nitrogen and oxygen atoms in total. The van der Waals surface area contributed by atoms with Gasteiger partial charge in [-0.05, 0) is 19.1 Å². The molecule has 2 aromatic rings. The minimum absolute atomic E-state index is 0.0409. The van der Waals surface area contributed by atoms with Gasteiger partial charge in [-0.3, -0.25) is 4.79 Å². The molecule has 0 saturated heterocycles. The fourth-order valence-electron chi connectivity index (χ4n) is 1.43. The van der Waals surface area contributed by atoms with Crippen molar-refractivity contribution < 1.29 is 13.6 Å². The molecular formula is C12H10F2N2OS. The van der Waals surface area contributed by atoms with Crippen LogP contribution in [0.3, 0.4) is 0 Å². The number of halogens is 2. The van der Waals surface area contributed by atoms with E-state index in [9.17, 15) is 13.6 Å². The smallest absolute Gasteiger partial charge is 0.251 e. The van der Waals surface area contributed by atoms with Gasteiger partial charge in [0.05, 0.1) is 6.54 Å². The summed E-state index contributed by atoms with van der Waals surface area (Å²) in [6.45, 7) is 2.10. The van der Waals surface area contributed by atoms with E-state index < -0.39 is 17.5 Å². The maximum Gasteiger partial charge on any atom is 0.251 e. The van der Waals surface area contributed by atoms with Crippen molar-refractivity contribution in [3.8, 4) is 0 Å². The Morgan fingerprint density at radius 1 is 1.33 bits per heavy atom. The van der Waals surface area contributed by atoms with E-state index in [1.807, 2.05) is 12.3 Å². The van der Waals surface area contributed by atoms with E-state index in [1.54, 1.807) is 0 Å². The van der Waals surface area contributed by atoms with Crippen LogP contribution in [0.2, 0.25) is 0 Å². The Morgan fingerprint density at radius 3 is 2.56 bits per heavy atom. The molecule has 1 N–H and O–H groups in total. The van der Waals surface area contributed by atoms with E-state index in [4.69, 9.17) is 0 Å². The fraction of sp³-hybridized carbons (Fsp3) is 0.167. The summed E-state index contributed by atoms with van der Waals surface area (Å²) in [5.41, 5.74) is 0.835. The molecule has 6 heteroatoms. The summed E-state index contributed by atoms with van der Waals surface area (Å²) in [7, 11) is 0. The first-order valence-electron chi connectivity index (χ1n) is 5.20. The summed E-state index contributed by atoms with van der Waals surface area (Å²) in [6, 6.07) is 2.71. The highest BCUT2D eigenvalue weighted by atomic mass is 32.1. The van der Waals surface area contributed by atoms with Crippen LogP contribution in [-0.4, -0.2) is 10.9 Å². The Bertz CT molecular complexity index is 563. The molecule has 0 aliphatic rings. The van der Waals surface area contributed by atoms with Crippen LogP contribution < -0.4 is 5.32 Å². The van der Waals surface area contributed by atoms with Gasteiger partial charge in [-0.25, -0.2) is 13.8 Å². The summed E-state index contributed by atoms with van der Waals surface area (Å²) < 4.78 is 25.8. The average Bonchev–Trinajstić information content (AvgIpc) is 2.70. The zero-order valence-corrected chi connectivity index (χ0v) is 10.4. The van der Waals surface area contributed by atoms with Crippen LogP contribution in [0.15, 0.2) is 23.6 Å². The molecule has 0 saturated carbocycles. The maximum absolute atomic E-state index is 12.9. The molecule has 1 heterocycles. The predicted molar refractivity (Wildman–Crippen MR) is 64.4 cm³/mol. The number of nitrogens with one attached hydrogen (secondary N) is 1. The fourth-order valence-corrected chi connectivity index (χ4v) is 2.14. The second kappa shape index (κ2) is 5.22. The van der Waals surface area contributed by atoms with Crippen LogP contribution in [0.4, 0.5) is 8.78 Å². The van der Waals surface area contributed by atoms with E-state index in [0.717, 1.165) is 28.9 Å². The molecule has 2 rings (SSSR count). The lowest BCUT2D eigenvalue weighted by Crippen LogP contribution is -2.23. The van der Waals surface area contributed by atoms with Crippen LogP contribution in [0.5, 0.6) is 0 Å². The number of rotatable bonds is 3. The molecule has 0 fully saturated rings. The van der Waals surface area contributed by atoms with Crippen molar-refractivity contribution in [2.75, 3.05) is 0 Å². The molecule has 0 aliphatic heterocycles. The van der Waals surface area contributed by atoms with Crippen molar-refractivity contribution in [2.45, 2.75) is 13.5 Å². The summed E-state index contributed by atoms with van der Waals surface area (Å²) in [6.07, 6.45) is 0. The van der Waals surface area contributed by atoms with Crippen molar-refractivity contribution in [1.82, 2.24) is 10.3 Å². The molecule has 94 valence electrons. The normalized spacial score (nSPS) is 10.4. The molecule has 0 spiro atoms. The van der Waals surface area contributed by atoms with E-state index >= 15 is 0 Å². The number of amides is 1. The first kappa shape index (κ1) is 12.6.